The molecule has 184 valence electrons. The van der Waals surface area contributed by atoms with Gasteiger partial charge in [-0.3, -0.25) is 9.59 Å². The average molecular weight is 508 g/mol. The lowest BCUT2D eigenvalue weighted by atomic mass is 10.0. The molecule has 1 aliphatic heterocycles. The number of nitrogens with one attached hydrogen (secondary N) is 1. The molecule has 10 heteroatoms. The number of hydrogen-bond donors (Lipinski definition) is 1. The van der Waals surface area contributed by atoms with Crippen LogP contribution in [0, 0.1) is 0 Å². The number of carbonyl (C=O) groups excluding carboxylic acids is 2. The van der Waals surface area contributed by atoms with Gasteiger partial charge in [0.1, 0.15) is 6.04 Å². The number of halogens is 1. The third kappa shape index (κ3) is 7.27. The van der Waals surface area contributed by atoms with E-state index >= 15 is 0 Å². The van der Waals surface area contributed by atoms with Gasteiger partial charge in [0.2, 0.25) is 21.8 Å². The molecule has 2 aromatic carbocycles. The molecule has 0 unspecified atom stereocenters. The number of amides is 2. The Morgan fingerprint density at radius 3 is 2.41 bits per heavy atom. The molecule has 1 aliphatic rings. The van der Waals surface area contributed by atoms with E-state index in [-0.39, 0.29) is 18.6 Å². The first-order chi connectivity index (χ1) is 16.1. The van der Waals surface area contributed by atoms with E-state index in [1.54, 1.807) is 48.5 Å². The van der Waals surface area contributed by atoms with Gasteiger partial charge in [0.05, 0.1) is 18.9 Å². The van der Waals surface area contributed by atoms with E-state index in [0.717, 1.165) is 29.0 Å². The topological polar surface area (TPSA) is 96.0 Å². The fourth-order valence-electron chi connectivity index (χ4n) is 3.73. The number of likely N-dealkylation sites (N-methyl/N-ethyl adjacent to an activating group) is 1. The van der Waals surface area contributed by atoms with Crippen LogP contribution in [0.1, 0.15) is 30.0 Å². The molecule has 0 aliphatic carbocycles. The molecule has 1 fully saturated rings. The Bertz CT molecular complexity index is 1070. The summed E-state index contributed by atoms with van der Waals surface area (Å²) in [6, 6.07) is 15.0. The highest BCUT2D eigenvalue weighted by atomic mass is 35.5. The van der Waals surface area contributed by atoms with Crippen molar-refractivity contribution in [3.8, 4) is 0 Å². The number of hydrogen-bond acceptors (Lipinski definition) is 5. The normalized spacial score (nSPS) is 16.9. The predicted molar refractivity (Wildman–Crippen MR) is 131 cm³/mol. The molecule has 3 rings (SSSR count). The zero-order chi connectivity index (χ0) is 24.7. The molecule has 2 aromatic rings. The Kier molecular flexibility index (Phi) is 9.07. The van der Waals surface area contributed by atoms with Crippen LogP contribution in [0.5, 0.6) is 0 Å². The molecule has 34 heavy (non-hydrogen) atoms. The summed E-state index contributed by atoms with van der Waals surface area (Å²) in [4.78, 5) is 28.3. The van der Waals surface area contributed by atoms with E-state index in [1.165, 1.54) is 11.9 Å². The van der Waals surface area contributed by atoms with E-state index in [0.29, 0.717) is 23.7 Å². The van der Waals surface area contributed by atoms with Gasteiger partial charge in [-0.1, -0.05) is 54.1 Å². The van der Waals surface area contributed by atoms with Crippen LogP contribution >= 0.6 is 11.6 Å². The van der Waals surface area contributed by atoms with Crippen LogP contribution in [0.2, 0.25) is 5.02 Å². The second-order valence-electron chi connectivity index (χ2n) is 8.36. The third-order valence-corrected chi connectivity index (χ3v) is 7.23. The van der Waals surface area contributed by atoms with Crippen LogP contribution in [-0.4, -0.2) is 68.5 Å². The molecule has 0 radical (unpaired) electrons. The Morgan fingerprint density at radius 2 is 1.82 bits per heavy atom. The lowest BCUT2D eigenvalue weighted by molar-refractivity contribution is -0.141. The number of ether oxygens (including phenoxy) is 1. The second-order valence-corrected chi connectivity index (χ2v) is 10.9. The van der Waals surface area contributed by atoms with Crippen LogP contribution in [0.3, 0.4) is 0 Å². The first-order valence-electron chi connectivity index (χ1n) is 11.0. The van der Waals surface area contributed by atoms with Crippen molar-refractivity contribution in [3.05, 3.63) is 70.7 Å². The van der Waals surface area contributed by atoms with Crippen LogP contribution in [-0.2, 0) is 30.9 Å². The molecule has 0 saturated carbocycles. The van der Waals surface area contributed by atoms with Gasteiger partial charge in [-0.05, 0) is 36.1 Å². The van der Waals surface area contributed by atoms with Gasteiger partial charge >= 0.3 is 0 Å². The zero-order valence-electron chi connectivity index (χ0n) is 19.3. The van der Waals surface area contributed by atoms with E-state index in [1.807, 2.05) is 6.07 Å². The maximum atomic E-state index is 13.5. The van der Waals surface area contributed by atoms with Crippen molar-refractivity contribution in [2.24, 2.45) is 0 Å². The molecular weight excluding hydrogens is 478 g/mol. The average Bonchev–Trinajstić information content (AvgIpc) is 3.32. The standard InChI is InChI=1S/C24H30ClN3O5S/c1-27(34(2,31)32)17-22(29)28(16-18-10-12-20(25)13-11-18)23(19-7-4-3-5-8-19)24(30)26-15-21-9-6-14-33-21/h3-5,7-8,10-13,21,23H,6,9,14-17H2,1-2H3,(H,26,30)/t21-,23-/m0/s1. The summed E-state index contributed by atoms with van der Waals surface area (Å²) >= 11 is 6.01. The van der Waals surface area contributed by atoms with E-state index < -0.39 is 28.5 Å². The fourth-order valence-corrected chi connectivity index (χ4v) is 4.20. The quantitative estimate of drug-likeness (QED) is 0.533. The summed E-state index contributed by atoms with van der Waals surface area (Å²) in [5.41, 5.74) is 1.38. The number of rotatable bonds is 10. The van der Waals surface area contributed by atoms with Crippen molar-refractivity contribution in [1.82, 2.24) is 14.5 Å². The minimum Gasteiger partial charge on any atom is -0.376 e. The summed E-state index contributed by atoms with van der Waals surface area (Å²) in [7, 11) is -2.25. The number of nitrogens with zero attached hydrogens (tertiary/aromatic N) is 2. The van der Waals surface area contributed by atoms with Crippen molar-refractivity contribution in [3.63, 3.8) is 0 Å². The van der Waals surface area contributed by atoms with E-state index in [9.17, 15) is 18.0 Å². The van der Waals surface area contributed by atoms with Crippen molar-refractivity contribution in [2.45, 2.75) is 31.5 Å². The van der Waals surface area contributed by atoms with Gasteiger partial charge in [-0.15, -0.1) is 0 Å². The van der Waals surface area contributed by atoms with Gasteiger partial charge in [-0.25, -0.2) is 8.42 Å². The highest BCUT2D eigenvalue weighted by Crippen LogP contribution is 2.25. The highest BCUT2D eigenvalue weighted by Gasteiger charge is 2.33. The first-order valence-corrected chi connectivity index (χ1v) is 13.3. The van der Waals surface area contributed by atoms with Gasteiger partial charge in [0, 0.05) is 31.8 Å². The minimum atomic E-state index is -3.59. The molecule has 2 atom stereocenters. The van der Waals surface area contributed by atoms with Gasteiger partial charge in [0.25, 0.3) is 0 Å². The monoisotopic (exact) mass is 507 g/mol. The van der Waals surface area contributed by atoms with Crippen molar-refractivity contribution >= 4 is 33.4 Å². The summed E-state index contributed by atoms with van der Waals surface area (Å²) < 4.78 is 30.5. The highest BCUT2D eigenvalue weighted by molar-refractivity contribution is 7.88. The molecule has 0 aromatic heterocycles. The minimum absolute atomic E-state index is 0.0582. The smallest absolute Gasteiger partial charge is 0.247 e. The zero-order valence-corrected chi connectivity index (χ0v) is 20.9. The molecule has 1 N–H and O–H groups in total. The van der Waals surface area contributed by atoms with Crippen molar-refractivity contribution in [1.29, 1.82) is 0 Å². The van der Waals surface area contributed by atoms with Crippen molar-refractivity contribution in [2.75, 3.05) is 33.0 Å². The number of benzene rings is 2. The Morgan fingerprint density at radius 1 is 1.15 bits per heavy atom. The number of sulfonamides is 1. The Hall–Kier alpha value is -2.46. The van der Waals surface area contributed by atoms with Gasteiger partial charge in [0.15, 0.2) is 0 Å². The predicted octanol–water partition coefficient (Wildman–Crippen LogP) is 2.60. The largest absolute Gasteiger partial charge is 0.376 e. The first kappa shape index (κ1) is 26.2. The molecule has 1 heterocycles. The molecule has 0 spiro atoms. The third-order valence-electron chi connectivity index (χ3n) is 5.71. The van der Waals surface area contributed by atoms with Crippen LogP contribution in [0.25, 0.3) is 0 Å². The Labute approximate surface area is 205 Å². The van der Waals surface area contributed by atoms with Gasteiger partial charge < -0.3 is 15.0 Å². The fraction of sp³-hybridized carbons (Fsp3) is 0.417. The molecule has 8 nitrogen and oxygen atoms in total. The molecule has 0 bridgehead atoms. The maximum absolute atomic E-state index is 13.5. The molecule has 1 saturated heterocycles. The maximum Gasteiger partial charge on any atom is 0.247 e. The van der Waals surface area contributed by atoms with E-state index in [2.05, 4.69) is 5.32 Å². The van der Waals surface area contributed by atoms with E-state index in [4.69, 9.17) is 16.3 Å². The Balaban J connectivity index is 1.93. The summed E-state index contributed by atoms with van der Waals surface area (Å²) in [5.74, 6) is -0.852. The van der Waals surface area contributed by atoms with Crippen molar-refractivity contribution < 1.29 is 22.7 Å². The van der Waals surface area contributed by atoms with Crippen LogP contribution in [0.4, 0.5) is 0 Å². The summed E-state index contributed by atoms with van der Waals surface area (Å²) in [5, 5.41) is 3.47. The summed E-state index contributed by atoms with van der Waals surface area (Å²) in [6.45, 7) is 0.714. The molecule has 2 amide bonds. The number of carbonyl (C=O) groups is 2. The summed E-state index contributed by atoms with van der Waals surface area (Å²) in [6.07, 6.45) is 2.79. The van der Waals surface area contributed by atoms with Crippen LogP contribution in [0.15, 0.2) is 54.6 Å². The lowest BCUT2D eigenvalue weighted by Gasteiger charge is -2.33. The molecular formula is C24H30ClN3O5S. The lowest BCUT2D eigenvalue weighted by Crippen LogP contribution is -2.48. The van der Waals surface area contributed by atoms with Crippen LogP contribution < -0.4 is 5.32 Å². The second kappa shape index (κ2) is 11.8. The van der Waals surface area contributed by atoms with Gasteiger partial charge in [-0.2, -0.15) is 4.31 Å². The SMILES string of the molecule is CN(CC(=O)N(Cc1ccc(Cl)cc1)[C@H](C(=O)NC[C@@H]1CCCO1)c1ccccc1)S(C)(=O)=O.